The lowest BCUT2D eigenvalue weighted by molar-refractivity contribution is -0.143. The van der Waals surface area contributed by atoms with E-state index < -0.39 is 24.0 Å². The summed E-state index contributed by atoms with van der Waals surface area (Å²) in [6.45, 7) is 7.27. The Bertz CT molecular complexity index is 527. The van der Waals surface area contributed by atoms with E-state index in [4.69, 9.17) is 9.84 Å². The fourth-order valence-corrected chi connectivity index (χ4v) is 1.97. The number of benzene rings is 1. The fourth-order valence-electron chi connectivity index (χ4n) is 1.97. The summed E-state index contributed by atoms with van der Waals surface area (Å²) in [6, 6.07) is 6.47. The molecule has 0 heterocycles. The molecule has 5 heteroatoms. The summed E-state index contributed by atoms with van der Waals surface area (Å²) in [6.07, 6.45) is 2.20. The molecule has 2 atom stereocenters. The van der Waals surface area contributed by atoms with Crippen molar-refractivity contribution >= 4 is 11.9 Å². The predicted octanol–water partition coefficient (Wildman–Crippen LogP) is 2.69. The maximum absolute atomic E-state index is 12.2. The first kappa shape index (κ1) is 17.8. The van der Waals surface area contributed by atoms with E-state index in [1.54, 1.807) is 12.1 Å². The molecule has 0 saturated carbocycles. The Morgan fingerprint density at radius 3 is 2.64 bits per heavy atom. The molecular formula is C17H23NO4. The summed E-state index contributed by atoms with van der Waals surface area (Å²) in [5.74, 6) is -0.842. The molecule has 120 valence electrons. The molecule has 1 rings (SSSR count). The van der Waals surface area contributed by atoms with Gasteiger partial charge < -0.3 is 15.2 Å². The van der Waals surface area contributed by atoms with Gasteiger partial charge in [-0.2, -0.15) is 0 Å². The molecule has 0 spiro atoms. The van der Waals surface area contributed by atoms with Crippen molar-refractivity contribution in [2.24, 2.45) is 0 Å². The van der Waals surface area contributed by atoms with E-state index in [1.807, 2.05) is 32.0 Å². The Labute approximate surface area is 131 Å². The highest BCUT2D eigenvalue weighted by atomic mass is 16.5. The van der Waals surface area contributed by atoms with Gasteiger partial charge in [-0.05, 0) is 37.8 Å². The van der Waals surface area contributed by atoms with E-state index in [0.29, 0.717) is 25.0 Å². The zero-order valence-electron chi connectivity index (χ0n) is 13.0. The summed E-state index contributed by atoms with van der Waals surface area (Å²) < 4.78 is 5.72. The van der Waals surface area contributed by atoms with Crippen LogP contribution in [0.5, 0.6) is 5.75 Å². The molecule has 1 aromatic carbocycles. The lowest BCUT2D eigenvalue weighted by atomic mass is 10.1. The monoisotopic (exact) mass is 305 g/mol. The van der Waals surface area contributed by atoms with Crippen LogP contribution < -0.4 is 10.1 Å². The summed E-state index contributed by atoms with van der Waals surface area (Å²) in [5.41, 5.74) is 0.926. The van der Waals surface area contributed by atoms with E-state index in [0.717, 1.165) is 5.56 Å². The number of nitrogens with one attached hydrogen (secondary N) is 1. The fraction of sp³-hybridized carbons (Fsp3) is 0.412. The molecule has 0 saturated heterocycles. The number of rotatable bonds is 9. The van der Waals surface area contributed by atoms with Crippen LogP contribution in [0.25, 0.3) is 0 Å². The average Bonchev–Trinajstić information content (AvgIpc) is 2.50. The predicted molar refractivity (Wildman–Crippen MR) is 84.9 cm³/mol. The number of hydrogen-bond acceptors (Lipinski definition) is 3. The number of hydrogen-bond donors (Lipinski definition) is 2. The number of aryl methyl sites for hydroxylation is 1. The first-order chi connectivity index (χ1) is 10.5. The first-order valence-corrected chi connectivity index (χ1v) is 7.36. The minimum Gasteiger partial charge on any atom is -0.480 e. The van der Waals surface area contributed by atoms with Crippen molar-refractivity contribution < 1.29 is 19.4 Å². The average molecular weight is 305 g/mol. The summed E-state index contributed by atoms with van der Waals surface area (Å²) in [7, 11) is 0. The van der Waals surface area contributed by atoms with Crippen LogP contribution in [-0.2, 0) is 9.59 Å². The molecule has 0 aromatic heterocycles. The lowest BCUT2D eigenvalue weighted by Crippen LogP contribution is -2.47. The number of carbonyl (C=O) groups is 2. The Balaban J connectivity index is 2.72. The van der Waals surface area contributed by atoms with Crippen molar-refractivity contribution in [3.63, 3.8) is 0 Å². The first-order valence-electron chi connectivity index (χ1n) is 7.36. The molecule has 0 bridgehead atoms. The number of carboxylic acid groups (broad SMARTS) is 1. The molecule has 0 aliphatic heterocycles. The van der Waals surface area contributed by atoms with Crippen LogP contribution in [0.15, 0.2) is 36.9 Å². The van der Waals surface area contributed by atoms with E-state index in [9.17, 15) is 9.59 Å². The van der Waals surface area contributed by atoms with Gasteiger partial charge in [0.15, 0.2) is 6.10 Å². The maximum Gasteiger partial charge on any atom is 0.326 e. The van der Waals surface area contributed by atoms with Crippen molar-refractivity contribution in [2.45, 2.75) is 45.3 Å². The SMILES string of the molecule is C=CCCC(NC(=O)C(CC)Oc1ccccc1C)C(=O)O. The third-order valence-electron chi connectivity index (χ3n) is 3.30. The molecule has 0 fully saturated rings. The summed E-state index contributed by atoms with van der Waals surface area (Å²) >= 11 is 0. The van der Waals surface area contributed by atoms with Gasteiger partial charge in [-0.1, -0.05) is 31.2 Å². The molecule has 0 radical (unpaired) electrons. The topological polar surface area (TPSA) is 75.6 Å². The Morgan fingerprint density at radius 1 is 1.41 bits per heavy atom. The van der Waals surface area contributed by atoms with Crippen LogP contribution in [0.1, 0.15) is 31.7 Å². The van der Waals surface area contributed by atoms with Crippen LogP contribution in [0.2, 0.25) is 0 Å². The standard InChI is InChI=1S/C17H23NO4/c1-4-6-10-13(17(20)21)18-16(19)14(5-2)22-15-11-8-7-9-12(15)3/h4,7-9,11,13-14H,1,5-6,10H2,2-3H3,(H,18,19)(H,20,21). The molecule has 0 aliphatic carbocycles. The highest BCUT2D eigenvalue weighted by Gasteiger charge is 2.25. The lowest BCUT2D eigenvalue weighted by Gasteiger charge is -2.21. The Hall–Kier alpha value is -2.30. The van der Waals surface area contributed by atoms with Gasteiger partial charge in [-0.3, -0.25) is 4.79 Å². The number of carbonyl (C=O) groups excluding carboxylic acids is 1. The van der Waals surface area contributed by atoms with Gasteiger partial charge in [0.1, 0.15) is 11.8 Å². The van der Waals surface area contributed by atoms with Gasteiger partial charge >= 0.3 is 5.97 Å². The van der Waals surface area contributed by atoms with E-state index in [-0.39, 0.29) is 0 Å². The van der Waals surface area contributed by atoms with E-state index >= 15 is 0 Å². The van der Waals surface area contributed by atoms with Crippen molar-refractivity contribution in [3.05, 3.63) is 42.5 Å². The highest BCUT2D eigenvalue weighted by molar-refractivity contribution is 5.86. The molecular weight excluding hydrogens is 282 g/mol. The van der Waals surface area contributed by atoms with Crippen molar-refractivity contribution in [3.8, 4) is 5.75 Å². The van der Waals surface area contributed by atoms with Gasteiger partial charge in [0.2, 0.25) is 0 Å². The zero-order chi connectivity index (χ0) is 16.5. The number of carboxylic acids is 1. The van der Waals surface area contributed by atoms with Gasteiger partial charge in [0, 0.05) is 0 Å². The summed E-state index contributed by atoms with van der Waals surface area (Å²) in [5, 5.41) is 11.7. The third-order valence-corrected chi connectivity index (χ3v) is 3.30. The molecule has 2 N–H and O–H groups in total. The molecule has 5 nitrogen and oxygen atoms in total. The highest BCUT2D eigenvalue weighted by Crippen LogP contribution is 2.19. The molecule has 22 heavy (non-hydrogen) atoms. The minimum absolute atomic E-state index is 0.311. The second-order valence-electron chi connectivity index (χ2n) is 5.05. The number of ether oxygens (including phenoxy) is 1. The molecule has 1 aromatic rings. The second-order valence-corrected chi connectivity index (χ2v) is 5.05. The normalized spacial score (nSPS) is 13.0. The largest absolute Gasteiger partial charge is 0.480 e. The molecule has 2 unspecified atom stereocenters. The second kappa shape index (κ2) is 8.87. The van der Waals surface area contributed by atoms with Gasteiger partial charge in [-0.15, -0.1) is 6.58 Å². The Morgan fingerprint density at radius 2 is 2.09 bits per heavy atom. The van der Waals surface area contributed by atoms with Crippen LogP contribution in [-0.4, -0.2) is 29.1 Å². The van der Waals surface area contributed by atoms with Crippen LogP contribution >= 0.6 is 0 Å². The Kier molecular flexibility index (Phi) is 7.16. The smallest absolute Gasteiger partial charge is 0.326 e. The third kappa shape index (κ3) is 5.24. The van der Waals surface area contributed by atoms with Crippen LogP contribution in [0, 0.1) is 6.92 Å². The van der Waals surface area contributed by atoms with Crippen molar-refractivity contribution in [1.29, 1.82) is 0 Å². The quantitative estimate of drug-likeness (QED) is 0.688. The van der Waals surface area contributed by atoms with Crippen molar-refractivity contribution in [1.82, 2.24) is 5.32 Å². The van der Waals surface area contributed by atoms with E-state index in [1.165, 1.54) is 0 Å². The molecule has 0 aliphatic rings. The number of aliphatic carboxylic acids is 1. The molecule has 1 amide bonds. The van der Waals surface area contributed by atoms with Gasteiger partial charge in [0.25, 0.3) is 5.91 Å². The number of amides is 1. The van der Waals surface area contributed by atoms with Crippen LogP contribution in [0.4, 0.5) is 0 Å². The minimum atomic E-state index is -1.05. The zero-order valence-corrected chi connectivity index (χ0v) is 13.0. The number of para-hydroxylation sites is 1. The maximum atomic E-state index is 12.2. The van der Waals surface area contributed by atoms with Crippen molar-refractivity contribution in [2.75, 3.05) is 0 Å². The van der Waals surface area contributed by atoms with E-state index in [2.05, 4.69) is 11.9 Å². The van der Waals surface area contributed by atoms with Gasteiger partial charge in [-0.25, -0.2) is 4.79 Å². The van der Waals surface area contributed by atoms with Gasteiger partial charge in [0.05, 0.1) is 0 Å². The summed E-state index contributed by atoms with van der Waals surface area (Å²) in [4.78, 5) is 23.4. The van der Waals surface area contributed by atoms with Crippen LogP contribution in [0.3, 0.4) is 0 Å². The number of allylic oxidation sites excluding steroid dienone is 1.